The van der Waals surface area contributed by atoms with Crippen molar-refractivity contribution < 1.29 is 23.8 Å². The molecule has 0 aromatic heterocycles. The van der Waals surface area contributed by atoms with Crippen LogP contribution in [0.1, 0.15) is 32.8 Å². The van der Waals surface area contributed by atoms with Crippen LogP contribution < -0.4 is 0 Å². The smallest absolute Gasteiger partial charge is 0.411 e. The van der Waals surface area contributed by atoms with Crippen LogP contribution in [0.15, 0.2) is 24.3 Å². The zero-order valence-electron chi connectivity index (χ0n) is 13.6. The van der Waals surface area contributed by atoms with Gasteiger partial charge in [-0.25, -0.2) is 14.0 Å². The van der Waals surface area contributed by atoms with Crippen molar-refractivity contribution in [3.8, 4) is 0 Å². The summed E-state index contributed by atoms with van der Waals surface area (Å²) in [5.41, 5.74) is 0.0492. The fourth-order valence-corrected chi connectivity index (χ4v) is 2.90. The van der Waals surface area contributed by atoms with Gasteiger partial charge in [0.15, 0.2) is 0 Å². The molecule has 1 N–H and O–H groups in total. The summed E-state index contributed by atoms with van der Waals surface area (Å²) in [6.45, 7) is 5.54. The van der Waals surface area contributed by atoms with Gasteiger partial charge in [0, 0.05) is 6.54 Å². The van der Waals surface area contributed by atoms with Crippen LogP contribution in [0.4, 0.5) is 9.18 Å². The van der Waals surface area contributed by atoms with Gasteiger partial charge in [0.1, 0.15) is 17.5 Å². The minimum atomic E-state index is -1.06. The Morgan fingerprint density at radius 1 is 1.39 bits per heavy atom. The van der Waals surface area contributed by atoms with Gasteiger partial charge in [0.25, 0.3) is 0 Å². The highest BCUT2D eigenvalue weighted by Gasteiger charge is 2.43. The first kappa shape index (κ1) is 17.2. The molecule has 2 atom stereocenters. The van der Waals surface area contributed by atoms with Crippen LogP contribution in [-0.4, -0.2) is 40.3 Å². The van der Waals surface area contributed by atoms with Gasteiger partial charge in [-0.15, -0.1) is 0 Å². The normalized spacial score (nSPS) is 21.3. The van der Waals surface area contributed by atoms with Gasteiger partial charge in [-0.1, -0.05) is 12.1 Å². The maximum absolute atomic E-state index is 13.3. The molecule has 1 fully saturated rings. The molecule has 2 rings (SSSR count). The van der Waals surface area contributed by atoms with E-state index in [4.69, 9.17) is 4.74 Å². The predicted molar refractivity (Wildman–Crippen MR) is 82.6 cm³/mol. The summed E-state index contributed by atoms with van der Waals surface area (Å²) in [5, 5.41) is 9.51. The molecule has 126 valence electrons. The second-order valence-corrected chi connectivity index (χ2v) is 6.84. The topological polar surface area (TPSA) is 66.8 Å². The number of benzene rings is 1. The number of rotatable bonds is 3. The number of nitrogens with zero attached hydrogens (tertiary/aromatic N) is 1. The van der Waals surface area contributed by atoms with Crippen molar-refractivity contribution in [2.24, 2.45) is 5.92 Å². The molecule has 0 bridgehead atoms. The maximum atomic E-state index is 13.3. The van der Waals surface area contributed by atoms with E-state index >= 15 is 0 Å². The van der Waals surface area contributed by atoms with Crippen LogP contribution in [0.2, 0.25) is 0 Å². The van der Waals surface area contributed by atoms with E-state index in [1.807, 2.05) is 0 Å². The van der Waals surface area contributed by atoms with Gasteiger partial charge in [0.05, 0.1) is 0 Å². The van der Waals surface area contributed by atoms with E-state index in [9.17, 15) is 19.1 Å². The number of carboxylic acid groups (broad SMARTS) is 1. The first-order chi connectivity index (χ1) is 10.7. The Morgan fingerprint density at radius 2 is 2.09 bits per heavy atom. The van der Waals surface area contributed by atoms with Gasteiger partial charge in [-0.05, 0) is 57.2 Å². The van der Waals surface area contributed by atoms with Crippen molar-refractivity contribution in [3.63, 3.8) is 0 Å². The van der Waals surface area contributed by atoms with Gasteiger partial charge in [0.2, 0.25) is 0 Å². The lowest BCUT2D eigenvalue weighted by atomic mass is 9.92. The molecule has 0 aliphatic carbocycles. The highest BCUT2D eigenvalue weighted by Crippen LogP contribution is 2.29. The molecular formula is C17H22FNO4. The predicted octanol–water partition coefficient (Wildman–Crippen LogP) is 3.08. The summed E-state index contributed by atoms with van der Waals surface area (Å²) >= 11 is 0. The molecule has 1 aliphatic heterocycles. The lowest BCUT2D eigenvalue weighted by Gasteiger charge is -2.28. The number of likely N-dealkylation sites (tertiary alicyclic amines) is 1. The molecule has 23 heavy (non-hydrogen) atoms. The number of carbonyl (C=O) groups is 2. The lowest BCUT2D eigenvalue weighted by Crippen LogP contribution is -2.45. The van der Waals surface area contributed by atoms with E-state index < -0.39 is 23.7 Å². The third-order valence-corrected chi connectivity index (χ3v) is 3.79. The van der Waals surface area contributed by atoms with Crippen LogP contribution in [0.25, 0.3) is 0 Å². The van der Waals surface area contributed by atoms with Gasteiger partial charge >= 0.3 is 12.1 Å². The molecule has 1 heterocycles. The Bertz CT molecular complexity index is 597. The molecule has 0 radical (unpaired) electrons. The van der Waals surface area contributed by atoms with Crippen LogP contribution in [-0.2, 0) is 16.0 Å². The summed E-state index contributed by atoms with van der Waals surface area (Å²) < 4.78 is 18.6. The highest BCUT2D eigenvalue weighted by molar-refractivity contribution is 5.81. The van der Waals surface area contributed by atoms with Crippen molar-refractivity contribution in [3.05, 3.63) is 35.6 Å². The number of carbonyl (C=O) groups excluding carboxylic acids is 1. The summed E-state index contributed by atoms with van der Waals surface area (Å²) in [4.78, 5) is 25.1. The van der Waals surface area contributed by atoms with Crippen molar-refractivity contribution in [1.29, 1.82) is 0 Å². The van der Waals surface area contributed by atoms with E-state index in [1.54, 1.807) is 32.9 Å². The number of halogens is 1. The van der Waals surface area contributed by atoms with Crippen LogP contribution in [0, 0.1) is 11.7 Å². The molecule has 0 spiro atoms. The standard InChI is InChI=1S/C17H22FNO4/c1-17(2,3)23-16(22)19-8-7-12(14(19)15(20)21)9-11-5-4-6-13(18)10-11/h4-6,10,12,14H,7-9H2,1-3H3,(H,20,21)/t12-,14+/m0/s1. The SMILES string of the molecule is CC(C)(C)OC(=O)N1CC[C@@H](Cc2cccc(F)c2)[C@@H]1C(=O)O. The minimum absolute atomic E-state index is 0.262. The first-order valence-corrected chi connectivity index (χ1v) is 7.64. The van der Waals surface area contributed by atoms with Gasteiger partial charge in [-0.2, -0.15) is 0 Å². The van der Waals surface area contributed by atoms with E-state index in [0.717, 1.165) is 5.56 Å². The Hall–Kier alpha value is -2.11. The van der Waals surface area contributed by atoms with Crippen molar-refractivity contribution in [1.82, 2.24) is 4.90 Å². The fourth-order valence-electron chi connectivity index (χ4n) is 2.90. The van der Waals surface area contributed by atoms with E-state index in [0.29, 0.717) is 19.4 Å². The molecule has 1 aromatic rings. The maximum Gasteiger partial charge on any atom is 0.411 e. The second kappa shape index (κ2) is 6.56. The lowest BCUT2D eigenvalue weighted by molar-refractivity contribution is -0.143. The van der Waals surface area contributed by atoms with E-state index in [-0.39, 0.29) is 11.7 Å². The number of hydrogen-bond acceptors (Lipinski definition) is 3. The van der Waals surface area contributed by atoms with E-state index in [2.05, 4.69) is 0 Å². The van der Waals surface area contributed by atoms with Crippen molar-refractivity contribution in [2.75, 3.05) is 6.54 Å². The van der Waals surface area contributed by atoms with Crippen LogP contribution >= 0.6 is 0 Å². The molecule has 1 aromatic carbocycles. The second-order valence-electron chi connectivity index (χ2n) is 6.84. The summed E-state index contributed by atoms with van der Waals surface area (Å²) in [7, 11) is 0. The number of hydrogen-bond donors (Lipinski definition) is 1. The molecule has 0 unspecified atom stereocenters. The number of amides is 1. The summed E-state index contributed by atoms with van der Waals surface area (Å²) in [5.74, 6) is -1.67. The Balaban J connectivity index is 2.13. The summed E-state index contributed by atoms with van der Waals surface area (Å²) in [6.07, 6.45) is 0.340. The van der Waals surface area contributed by atoms with Gasteiger partial charge < -0.3 is 9.84 Å². The number of aliphatic carboxylic acids is 1. The molecular weight excluding hydrogens is 301 g/mol. The third-order valence-electron chi connectivity index (χ3n) is 3.79. The minimum Gasteiger partial charge on any atom is -0.480 e. The molecule has 1 saturated heterocycles. The number of ether oxygens (including phenoxy) is 1. The first-order valence-electron chi connectivity index (χ1n) is 7.64. The van der Waals surface area contributed by atoms with E-state index in [1.165, 1.54) is 17.0 Å². The molecule has 1 aliphatic rings. The van der Waals surface area contributed by atoms with Crippen molar-refractivity contribution >= 4 is 12.1 Å². The zero-order chi connectivity index (χ0) is 17.2. The van der Waals surface area contributed by atoms with Crippen LogP contribution in [0.3, 0.4) is 0 Å². The Morgan fingerprint density at radius 3 is 2.65 bits per heavy atom. The zero-order valence-corrected chi connectivity index (χ0v) is 13.6. The quantitative estimate of drug-likeness (QED) is 0.928. The Labute approximate surface area is 135 Å². The van der Waals surface area contributed by atoms with Crippen LogP contribution in [0.5, 0.6) is 0 Å². The average molecular weight is 323 g/mol. The summed E-state index contributed by atoms with van der Waals surface area (Å²) in [6, 6.07) is 5.15. The third kappa shape index (κ3) is 4.43. The fraction of sp³-hybridized carbons (Fsp3) is 0.529. The molecule has 1 amide bonds. The molecule has 5 nitrogen and oxygen atoms in total. The number of carboxylic acids is 1. The molecule has 0 saturated carbocycles. The van der Waals surface area contributed by atoms with Gasteiger partial charge in [-0.3, -0.25) is 4.90 Å². The van der Waals surface area contributed by atoms with Crippen molar-refractivity contribution in [2.45, 2.75) is 45.3 Å². The largest absolute Gasteiger partial charge is 0.480 e. The molecule has 6 heteroatoms. The Kier molecular flexibility index (Phi) is 4.92. The average Bonchev–Trinajstić information content (AvgIpc) is 2.80. The monoisotopic (exact) mass is 323 g/mol. The highest BCUT2D eigenvalue weighted by atomic mass is 19.1.